The molecule has 0 aliphatic carbocycles. The SMILES string of the molecule is CCCOc1cccc(C(=O)NC(C)c2cccc(NS(C)(=O)=O)c2)c1. The molecule has 0 aliphatic heterocycles. The van der Waals surface area contributed by atoms with Crippen molar-refractivity contribution < 1.29 is 17.9 Å². The second kappa shape index (κ2) is 8.71. The Morgan fingerprint density at radius 2 is 1.88 bits per heavy atom. The van der Waals surface area contributed by atoms with Crippen molar-refractivity contribution in [3.05, 3.63) is 59.7 Å². The Morgan fingerprint density at radius 3 is 2.58 bits per heavy atom. The summed E-state index contributed by atoms with van der Waals surface area (Å²) in [6.07, 6.45) is 1.99. The van der Waals surface area contributed by atoms with Gasteiger partial charge in [0.25, 0.3) is 5.91 Å². The number of sulfonamides is 1. The first-order valence-electron chi connectivity index (χ1n) is 8.40. The van der Waals surface area contributed by atoms with Gasteiger partial charge in [0.2, 0.25) is 10.0 Å². The summed E-state index contributed by atoms with van der Waals surface area (Å²) in [4.78, 5) is 12.5. The second-order valence-electron chi connectivity index (χ2n) is 6.07. The number of amides is 1. The van der Waals surface area contributed by atoms with Gasteiger partial charge in [-0.1, -0.05) is 25.1 Å². The van der Waals surface area contributed by atoms with Gasteiger partial charge >= 0.3 is 0 Å². The predicted octanol–water partition coefficient (Wildman–Crippen LogP) is 3.34. The van der Waals surface area contributed by atoms with Crippen LogP contribution in [-0.4, -0.2) is 27.2 Å². The molecule has 2 N–H and O–H groups in total. The molecule has 0 aromatic heterocycles. The number of ether oxygens (including phenoxy) is 1. The molecule has 7 heteroatoms. The summed E-state index contributed by atoms with van der Waals surface area (Å²) in [7, 11) is -3.35. The van der Waals surface area contributed by atoms with Crippen LogP contribution < -0.4 is 14.8 Å². The van der Waals surface area contributed by atoms with E-state index in [-0.39, 0.29) is 11.9 Å². The van der Waals surface area contributed by atoms with Crippen molar-refractivity contribution in [3.8, 4) is 5.75 Å². The first-order chi connectivity index (χ1) is 12.3. The van der Waals surface area contributed by atoms with Gasteiger partial charge < -0.3 is 10.1 Å². The quantitative estimate of drug-likeness (QED) is 0.740. The lowest BCUT2D eigenvalue weighted by Gasteiger charge is -2.16. The van der Waals surface area contributed by atoms with E-state index in [9.17, 15) is 13.2 Å². The van der Waals surface area contributed by atoms with E-state index in [0.717, 1.165) is 18.2 Å². The fourth-order valence-corrected chi connectivity index (χ4v) is 2.95. The third kappa shape index (κ3) is 6.07. The van der Waals surface area contributed by atoms with E-state index in [2.05, 4.69) is 10.0 Å². The molecule has 0 heterocycles. The Balaban J connectivity index is 2.08. The molecule has 0 radical (unpaired) electrons. The molecule has 0 fully saturated rings. The van der Waals surface area contributed by atoms with Crippen LogP contribution >= 0.6 is 0 Å². The number of rotatable bonds is 8. The summed E-state index contributed by atoms with van der Waals surface area (Å²) < 4.78 is 30.7. The molecule has 0 spiro atoms. The molecule has 6 nitrogen and oxygen atoms in total. The lowest BCUT2D eigenvalue weighted by Crippen LogP contribution is -2.26. The van der Waals surface area contributed by atoms with Crippen LogP contribution in [0.3, 0.4) is 0 Å². The number of hydrogen-bond acceptors (Lipinski definition) is 4. The van der Waals surface area contributed by atoms with Crippen molar-refractivity contribution in [2.45, 2.75) is 26.3 Å². The Kier molecular flexibility index (Phi) is 6.63. The summed E-state index contributed by atoms with van der Waals surface area (Å²) >= 11 is 0. The van der Waals surface area contributed by atoms with Crippen LogP contribution in [0.5, 0.6) is 5.75 Å². The molecule has 0 saturated carbocycles. The molecule has 1 atom stereocenters. The highest BCUT2D eigenvalue weighted by atomic mass is 32.2. The molecular weight excluding hydrogens is 352 g/mol. The van der Waals surface area contributed by atoms with Gasteiger partial charge in [-0.25, -0.2) is 8.42 Å². The van der Waals surface area contributed by atoms with Gasteiger partial charge in [-0.3, -0.25) is 9.52 Å². The first-order valence-corrected chi connectivity index (χ1v) is 10.3. The lowest BCUT2D eigenvalue weighted by molar-refractivity contribution is 0.0939. The summed E-state index contributed by atoms with van der Waals surface area (Å²) in [5.74, 6) is 0.437. The van der Waals surface area contributed by atoms with E-state index < -0.39 is 10.0 Å². The van der Waals surface area contributed by atoms with Gasteiger partial charge in [-0.15, -0.1) is 0 Å². The largest absolute Gasteiger partial charge is 0.494 e. The maximum atomic E-state index is 12.5. The van der Waals surface area contributed by atoms with E-state index in [4.69, 9.17) is 4.74 Å². The Labute approximate surface area is 154 Å². The summed E-state index contributed by atoms with van der Waals surface area (Å²) in [6, 6.07) is 13.7. The fourth-order valence-electron chi connectivity index (χ4n) is 2.40. The van der Waals surface area contributed by atoms with Crippen molar-refractivity contribution in [2.24, 2.45) is 0 Å². The minimum absolute atomic E-state index is 0.221. The van der Waals surface area contributed by atoms with E-state index >= 15 is 0 Å². The molecule has 1 unspecified atom stereocenters. The Bertz CT molecular complexity index is 865. The minimum Gasteiger partial charge on any atom is -0.494 e. The first kappa shape index (κ1) is 19.8. The van der Waals surface area contributed by atoms with Gasteiger partial charge in [-0.05, 0) is 49.2 Å². The molecule has 2 aromatic rings. The average molecular weight is 376 g/mol. The highest BCUT2D eigenvalue weighted by molar-refractivity contribution is 7.92. The van der Waals surface area contributed by atoms with Gasteiger partial charge in [-0.2, -0.15) is 0 Å². The van der Waals surface area contributed by atoms with Crippen molar-refractivity contribution in [3.63, 3.8) is 0 Å². The van der Waals surface area contributed by atoms with Gasteiger partial charge in [0.05, 0.1) is 18.9 Å². The monoisotopic (exact) mass is 376 g/mol. The van der Waals surface area contributed by atoms with E-state index in [1.54, 1.807) is 36.4 Å². The third-order valence-corrected chi connectivity index (χ3v) is 4.21. The van der Waals surface area contributed by atoms with Crippen LogP contribution in [0.25, 0.3) is 0 Å². The summed E-state index contributed by atoms with van der Waals surface area (Å²) in [5.41, 5.74) is 1.77. The molecule has 2 aromatic carbocycles. The highest BCUT2D eigenvalue weighted by Crippen LogP contribution is 2.19. The topological polar surface area (TPSA) is 84.5 Å². The summed E-state index contributed by atoms with van der Waals surface area (Å²) in [6.45, 7) is 4.46. The van der Waals surface area contributed by atoms with Crippen molar-refractivity contribution in [2.75, 3.05) is 17.6 Å². The van der Waals surface area contributed by atoms with Crippen LogP contribution in [0, 0.1) is 0 Å². The van der Waals surface area contributed by atoms with Crippen LogP contribution in [0.4, 0.5) is 5.69 Å². The molecule has 140 valence electrons. The van der Waals surface area contributed by atoms with E-state index in [0.29, 0.717) is 23.6 Å². The Hall–Kier alpha value is -2.54. The lowest BCUT2D eigenvalue weighted by atomic mass is 10.1. The molecule has 0 aliphatic rings. The van der Waals surface area contributed by atoms with E-state index in [1.165, 1.54) is 0 Å². The zero-order chi connectivity index (χ0) is 19.2. The van der Waals surface area contributed by atoms with Crippen molar-refractivity contribution >= 4 is 21.6 Å². The zero-order valence-corrected chi connectivity index (χ0v) is 16.0. The minimum atomic E-state index is -3.35. The summed E-state index contributed by atoms with van der Waals surface area (Å²) in [5, 5.41) is 2.91. The van der Waals surface area contributed by atoms with Crippen LogP contribution in [0.2, 0.25) is 0 Å². The van der Waals surface area contributed by atoms with Gasteiger partial charge in [0, 0.05) is 11.3 Å². The average Bonchev–Trinajstić information content (AvgIpc) is 2.59. The van der Waals surface area contributed by atoms with Gasteiger partial charge in [0.1, 0.15) is 5.75 Å². The maximum Gasteiger partial charge on any atom is 0.251 e. The van der Waals surface area contributed by atoms with Crippen LogP contribution in [-0.2, 0) is 10.0 Å². The van der Waals surface area contributed by atoms with E-state index in [1.807, 2.05) is 26.0 Å². The van der Waals surface area contributed by atoms with Crippen LogP contribution in [0.1, 0.15) is 42.2 Å². The number of hydrogen-bond donors (Lipinski definition) is 2. The number of anilines is 1. The smallest absolute Gasteiger partial charge is 0.251 e. The Morgan fingerprint density at radius 1 is 1.15 bits per heavy atom. The zero-order valence-electron chi connectivity index (χ0n) is 15.2. The predicted molar refractivity (Wildman–Crippen MR) is 103 cm³/mol. The number of benzene rings is 2. The van der Waals surface area contributed by atoms with Gasteiger partial charge in [0.15, 0.2) is 0 Å². The molecule has 1 amide bonds. The maximum absolute atomic E-state index is 12.5. The standard InChI is InChI=1S/C19H24N2O4S/c1-4-11-25-18-10-6-8-16(13-18)19(22)20-14(2)15-7-5-9-17(12-15)21-26(3,23)24/h5-10,12-14,21H,4,11H2,1-3H3,(H,20,22). The number of carbonyl (C=O) groups excluding carboxylic acids is 1. The highest BCUT2D eigenvalue weighted by Gasteiger charge is 2.13. The van der Waals surface area contributed by atoms with Crippen molar-refractivity contribution in [1.29, 1.82) is 0 Å². The normalized spacial score (nSPS) is 12.3. The fraction of sp³-hybridized carbons (Fsp3) is 0.316. The van der Waals surface area contributed by atoms with Crippen molar-refractivity contribution in [1.82, 2.24) is 5.32 Å². The molecule has 2 rings (SSSR count). The number of carbonyl (C=O) groups is 1. The molecule has 26 heavy (non-hydrogen) atoms. The molecule has 0 bridgehead atoms. The molecule has 0 saturated heterocycles. The number of nitrogens with one attached hydrogen (secondary N) is 2. The third-order valence-electron chi connectivity index (χ3n) is 3.61. The molecular formula is C19H24N2O4S. The second-order valence-corrected chi connectivity index (χ2v) is 7.82. The van der Waals surface area contributed by atoms with Crippen LogP contribution in [0.15, 0.2) is 48.5 Å².